The molecule has 10 nitrogen and oxygen atoms in total. The molecule has 0 bridgehead atoms. The van der Waals surface area contributed by atoms with Crippen molar-refractivity contribution < 1.29 is 52.4 Å². The molecule has 0 radical (unpaired) electrons. The van der Waals surface area contributed by atoms with Gasteiger partial charge in [-0.2, -0.15) is 0 Å². The van der Waals surface area contributed by atoms with E-state index in [9.17, 15) is 33.1 Å². The van der Waals surface area contributed by atoms with Crippen LogP contribution in [0.4, 0.5) is 8.78 Å². The molecule has 1 aliphatic heterocycles. The van der Waals surface area contributed by atoms with Gasteiger partial charge in [-0.05, 0) is 53.6 Å². The van der Waals surface area contributed by atoms with Gasteiger partial charge in [-0.15, -0.1) is 0 Å². The van der Waals surface area contributed by atoms with E-state index in [-0.39, 0.29) is 39.3 Å². The number of carbonyl (C=O) groups is 4. The molecule has 14 heteroatoms. The summed E-state index contributed by atoms with van der Waals surface area (Å²) in [7, 11) is 1.19. The van der Waals surface area contributed by atoms with Gasteiger partial charge >= 0.3 is 17.9 Å². The second-order valence-electron chi connectivity index (χ2n) is 8.79. The number of thioether (sulfide) groups is 1. The molecule has 1 heterocycles. The first kappa shape index (κ1) is 31.1. The van der Waals surface area contributed by atoms with E-state index in [1.54, 1.807) is 12.1 Å². The van der Waals surface area contributed by atoms with Crippen LogP contribution < -0.4 is 9.47 Å². The van der Waals surface area contributed by atoms with E-state index in [4.69, 9.17) is 26.8 Å². The minimum Gasteiger partial charge on any atom is -0.507 e. The number of carboxylic acid groups (broad SMARTS) is 1. The average Bonchev–Trinajstić information content (AvgIpc) is 3.23. The Morgan fingerprint density at radius 1 is 1.00 bits per heavy atom. The predicted octanol–water partition coefficient (Wildman–Crippen LogP) is 4.78. The van der Waals surface area contributed by atoms with Crippen molar-refractivity contribution in [3.8, 4) is 28.4 Å². The van der Waals surface area contributed by atoms with Gasteiger partial charge in [0.2, 0.25) is 0 Å². The highest BCUT2D eigenvalue weighted by Crippen LogP contribution is 2.36. The molecule has 1 amide bonds. The molecular weight excluding hydrogens is 608 g/mol. The van der Waals surface area contributed by atoms with Crippen LogP contribution in [0, 0.1) is 11.6 Å². The molecule has 0 unspecified atom stereocenters. The lowest BCUT2D eigenvalue weighted by Gasteiger charge is -2.14. The maximum Gasteiger partial charge on any atom is 0.343 e. The van der Waals surface area contributed by atoms with E-state index in [0.717, 1.165) is 36.0 Å². The molecule has 43 heavy (non-hydrogen) atoms. The zero-order valence-electron chi connectivity index (χ0n) is 22.2. The van der Waals surface area contributed by atoms with Crippen molar-refractivity contribution in [1.29, 1.82) is 0 Å². The summed E-state index contributed by atoms with van der Waals surface area (Å²) < 4.78 is 42.8. The summed E-state index contributed by atoms with van der Waals surface area (Å²) >= 11 is 6.28. The van der Waals surface area contributed by atoms with Gasteiger partial charge in [0.25, 0.3) is 5.91 Å². The number of carbonyl (C=O) groups excluding carboxylic acids is 3. The standard InChI is InChI=1S/C29H21F2NO9S2/c1-39-26(35)14-40-23-7-3-15(16-2-6-20(30)21(31)11-16)10-17(23)12-24-27(36)32(29(42)43-24)9-8-25(34)41-18-4-5-19(28(37)38)22(33)13-18/h2-7,10-13,33H,8-9,14H2,1H3,(H,37,38). The van der Waals surface area contributed by atoms with E-state index in [2.05, 4.69) is 4.74 Å². The minimum absolute atomic E-state index is 0.0850. The fourth-order valence-corrected chi connectivity index (χ4v) is 5.12. The van der Waals surface area contributed by atoms with Crippen LogP contribution in [0.5, 0.6) is 17.2 Å². The fraction of sp³-hybridized carbons (Fsp3) is 0.138. The first-order valence-electron chi connectivity index (χ1n) is 12.3. The van der Waals surface area contributed by atoms with Crippen LogP contribution in [-0.4, -0.2) is 63.5 Å². The third-order valence-electron chi connectivity index (χ3n) is 5.97. The Labute approximate surface area is 252 Å². The molecule has 0 aliphatic carbocycles. The number of hydrogen-bond donors (Lipinski definition) is 2. The van der Waals surface area contributed by atoms with Crippen molar-refractivity contribution in [2.24, 2.45) is 0 Å². The summed E-state index contributed by atoms with van der Waals surface area (Å²) in [5.41, 5.74) is 0.787. The van der Waals surface area contributed by atoms with E-state index in [0.29, 0.717) is 16.7 Å². The van der Waals surface area contributed by atoms with Crippen LogP contribution in [0.15, 0.2) is 59.5 Å². The summed E-state index contributed by atoms with van der Waals surface area (Å²) in [6, 6.07) is 11.3. The molecular formula is C29H21F2NO9S2. The van der Waals surface area contributed by atoms with Gasteiger partial charge in [-0.1, -0.05) is 36.1 Å². The van der Waals surface area contributed by atoms with Crippen molar-refractivity contribution in [2.75, 3.05) is 20.3 Å². The van der Waals surface area contributed by atoms with Crippen LogP contribution in [0.2, 0.25) is 0 Å². The van der Waals surface area contributed by atoms with Gasteiger partial charge in [0.05, 0.1) is 18.4 Å². The highest BCUT2D eigenvalue weighted by Gasteiger charge is 2.32. The van der Waals surface area contributed by atoms with Crippen LogP contribution in [0.3, 0.4) is 0 Å². The smallest absolute Gasteiger partial charge is 0.343 e. The van der Waals surface area contributed by atoms with Gasteiger partial charge in [0.1, 0.15) is 27.1 Å². The van der Waals surface area contributed by atoms with Crippen molar-refractivity contribution >= 4 is 58.2 Å². The maximum absolute atomic E-state index is 13.9. The number of carboxylic acids is 1. The largest absolute Gasteiger partial charge is 0.507 e. The number of methoxy groups -OCH3 is 1. The molecule has 2 N–H and O–H groups in total. The lowest BCUT2D eigenvalue weighted by molar-refractivity contribution is -0.143. The van der Waals surface area contributed by atoms with Gasteiger partial charge in [0, 0.05) is 18.2 Å². The van der Waals surface area contributed by atoms with Crippen molar-refractivity contribution in [1.82, 2.24) is 4.90 Å². The van der Waals surface area contributed by atoms with Crippen molar-refractivity contribution in [3.05, 3.63) is 82.3 Å². The summed E-state index contributed by atoms with van der Waals surface area (Å²) in [4.78, 5) is 49.6. The first-order chi connectivity index (χ1) is 20.5. The van der Waals surface area contributed by atoms with Crippen LogP contribution in [0.25, 0.3) is 17.2 Å². The van der Waals surface area contributed by atoms with Crippen molar-refractivity contribution in [3.63, 3.8) is 0 Å². The molecule has 0 saturated carbocycles. The fourth-order valence-electron chi connectivity index (χ4n) is 3.82. The van der Waals surface area contributed by atoms with E-state index >= 15 is 0 Å². The molecule has 1 saturated heterocycles. The molecule has 4 rings (SSSR count). The second-order valence-corrected chi connectivity index (χ2v) is 10.5. The van der Waals surface area contributed by atoms with Crippen molar-refractivity contribution in [2.45, 2.75) is 6.42 Å². The van der Waals surface area contributed by atoms with Gasteiger partial charge in [-0.25, -0.2) is 18.4 Å². The highest BCUT2D eigenvalue weighted by atomic mass is 32.2. The Hall–Kier alpha value is -4.82. The number of amides is 1. The lowest BCUT2D eigenvalue weighted by Crippen LogP contribution is -2.31. The molecule has 3 aromatic carbocycles. The second kappa shape index (κ2) is 13.4. The Bertz CT molecular complexity index is 1680. The number of aromatic carboxylic acids is 1. The zero-order valence-corrected chi connectivity index (χ0v) is 23.8. The van der Waals surface area contributed by atoms with Gasteiger partial charge in [-0.3, -0.25) is 14.5 Å². The van der Waals surface area contributed by atoms with E-state index in [1.807, 2.05) is 0 Å². The number of ether oxygens (including phenoxy) is 3. The monoisotopic (exact) mass is 629 g/mol. The van der Waals surface area contributed by atoms with Gasteiger partial charge < -0.3 is 24.4 Å². The molecule has 0 spiro atoms. The van der Waals surface area contributed by atoms with E-state index in [1.165, 1.54) is 36.3 Å². The molecule has 0 aromatic heterocycles. The van der Waals surface area contributed by atoms with E-state index < -0.39 is 47.8 Å². The number of phenols is 1. The average molecular weight is 630 g/mol. The zero-order chi connectivity index (χ0) is 31.3. The molecule has 0 atom stereocenters. The molecule has 1 fully saturated rings. The molecule has 222 valence electrons. The predicted molar refractivity (Wildman–Crippen MR) is 155 cm³/mol. The number of esters is 2. The third kappa shape index (κ3) is 7.53. The highest BCUT2D eigenvalue weighted by molar-refractivity contribution is 8.26. The number of thiocarbonyl (C=S) groups is 1. The van der Waals surface area contributed by atoms with Crippen LogP contribution in [-0.2, 0) is 19.1 Å². The quantitative estimate of drug-likeness (QED) is 0.139. The third-order valence-corrected chi connectivity index (χ3v) is 7.34. The lowest BCUT2D eigenvalue weighted by atomic mass is 10.0. The number of nitrogens with zero attached hydrogens (tertiary/aromatic N) is 1. The number of halogens is 2. The maximum atomic E-state index is 13.9. The topological polar surface area (TPSA) is 140 Å². The summed E-state index contributed by atoms with van der Waals surface area (Å²) in [6.45, 7) is -0.567. The normalized spacial score (nSPS) is 13.7. The number of benzene rings is 3. The Morgan fingerprint density at radius 3 is 2.40 bits per heavy atom. The SMILES string of the molecule is COC(=O)COc1ccc(-c2ccc(F)c(F)c2)cc1C=C1SC(=S)N(CCC(=O)Oc2ccc(C(=O)O)c(O)c2)C1=O. The Balaban J connectivity index is 1.52. The van der Waals surface area contributed by atoms with Crippen LogP contribution in [0.1, 0.15) is 22.3 Å². The molecule has 3 aromatic rings. The molecule has 1 aliphatic rings. The first-order valence-corrected chi connectivity index (χ1v) is 13.5. The van der Waals surface area contributed by atoms with Gasteiger partial charge in [0.15, 0.2) is 18.2 Å². The number of rotatable bonds is 10. The summed E-state index contributed by atoms with van der Waals surface area (Å²) in [5.74, 6) is -5.81. The summed E-state index contributed by atoms with van der Waals surface area (Å²) in [5, 5.41) is 18.8. The number of hydrogen-bond acceptors (Lipinski definition) is 10. The minimum atomic E-state index is -1.35. The van der Waals surface area contributed by atoms with Crippen LogP contribution >= 0.6 is 24.0 Å². The Kier molecular flexibility index (Phi) is 9.73. The Morgan fingerprint density at radius 2 is 1.72 bits per heavy atom. The number of aromatic hydroxyl groups is 1. The summed E-state index contributed by atoms with van der Waals surface area (Å²) in [6.07, 6.45) is 1.18.